The molecule has 0 saturated heterocycles. The van der Waals surface area contributed by atoms with Gasteiger partial charge >= 0.3 is 5.97 Å². The first-order valence-electron chi connectivity index (χ1n) is 5.75. The van der Waals surface area contributed by atoms with Crippen LogP contribution in [-0.4, -0.2) is 25.9 Å². The molecule has 1 aromatic rings. The van der Waals surface area contributed by atoms with Gasteiger partial charge in [0, 0.05) is 17.9 Å². The maximum Gasteiger partial charge on any atom is 0.317 e. The van der Waals surface area contributed by atoms with Crippen molar-refractivity contribution < 1.29 is 9.90 Å². The van der Waals surface area contributed by atoms with Gasteiger partial charge in [0.1, 0.15) is 5.25 Å². The van der Waals surface area contributed by atoms with Crippen LogP contribution >= 0.6 is 11.8 Å². The summed E-state index contributed by atoms with van der Waals surface area (Å²) < 4.78 is 1.57. The van der Waals surface area contributed by atoms with Crippen LogP contribution in [0.15, 0.2) is 22.2 Å². The molecule has 0 aliphatic rings. The van der Waals surface area contributed by atoms with Crippen LogP contribution in [0.3, 0.4) is 0 Å². The Hall–Kier alpha value is -1.30. The van der Waals surface area contributed by atoms with Crippen LogP contribution < -0.4 is 5.56 Å². The van der Waals surface area contributed by atoms with Crippen molar-refractivity contribution in [1.29, 1.82) is 0 Å². The molecular weight excluding hydrogens is 252 g/mol. The first kappa shape index (κ1) is 14.8. The topological polar surface area (TPSA) is 72.2 Å². The van der Waals surface area contributed by atoms with E-state index in [1.165, 1.54) is 6.20 Å². The van der Waals surface area contributed by atoms with Gasteiger partial charge in [0.05, 0.1) is 0 Å². The average Bonchev–Trinajstić information content (AvgIpc) is 2.25. The molecule has 0 aliphatic heterocycles. The SMILES string of the molecule is CCC(Sc1nccn(C(C)(C)C)c1=O)C(=O)O. The van der Waals surface area contributed by atoms with Gasteiger partial charge < -0.3 is 9.67 Å². The highest BCUT2D eigenvalue weighted by atomic mass is 32.2. The molecule has 0 fully saturated rings. The lowest BCUT2D eigenvalue weighted by atomic mass is 10.1. The van der Waals surface area contributed by atoms with Crippen LogP contribution in [0.2, 0.25) is 0 Å². The summed E-state index contributed by atoms with van der Waals surface area (Å²) in [6, 6.07) is 0. The number of hydrogen-bond acceptors (Lipinski definition) is 4. The molecule has 18 heavy (non-hydrogen) atoms. The third kappa shape index (κ3) is 3.35. The molecule has 0 bridgehead atoms. The summed E-state index contributed by atoms with van der Waals surface area (Å²) in [7, 11) is 0. The van der Waals surface area contributed by atoms with Crippen LogP contribution in [0.1, 0.15) is 34.1 Å². The van der Waals surface area contributed by atoms with Gasteiger partial charge in [-0.05, 0) is 27.2 Å². The standard InChI is InChI=1S/C12H18N2O3S/c1-5-8(11(16)17)18-9-10(15)14(7-6-13-9)12(2,3)4/h6-8H,5H2,1-4H3,(H,16,17). The van der Waals surface area contributed by atoms with Gasteiger partial charge in [-0.1, -0.05) is 18.7 Å². The molecule has 1 rings (SSSR count). The van der Waals surface area contributed by atoms with Gasteiger partial charge in [0.25, 0.3) is 5.56 Å². The lowest BCUT2D eigenvalue weighted by Crippen LogP contribution is -2.35. The van der Waals surface area contributed by atoms with E-state index in [-0.39, 0.29) is 16.1 Å². The van der Waals surface area contributed by atoms with Crippen molar-refractivity contribution >= 4 is 17.7 Å². The molecule has 0 saturated carbocycles. The Morgan fingerprint density at radius 3 is 2.61 bits per heavy atom. The molecule has 0 radical (unpaired) electrons. The lowest BCUT2D eigenvalue weighted by molar-refractivity contribution is -0.136. The summed E-state index contributed by atoms with van der Waals surface area (Å²) >= 11 is 1.01. The number of aromatic nitrogens is 2. The fourth-order valence-electron chi connectivity index (χ4n) is 1.45. The highest BCUT2D eigenvalue weighted by Gasteiger charge is 2.22. The van der Waals surface area contributed by atoms with Crippen molar-refractivity contribution in [1.82, 2.24) is 9.55 Å². The normalized spacial score (nSPS) is 13.3. The maximum absolute atomic E-state index is 12.2. The minimum Gasteiger partial charge on any atom is -0.480 e. The number of thioether (sulfide) groups is 1. The Morgan fingerprint density at radius 2 is 2.17 bits per heavy atom. The van der Waals surface area contributed by atoms with Crippen molar-refractivity contribution in [2.75, 3.05) is 0 Å². The molecule has 6 heteroatoms. The third-order valence-electron chi connectivity index (χ3n) is 2.43. The molecule has 1 aromatic heterocycles. The van der Waals surface area contributed by atoms with Crippen LogP contribution in [-0.2, 0) is 10.3 Å². The van der Waals surface area contributed by atoms with E-state index < -0.39 is 11.2 Å². The minimum atomic E-state index is -0.921. The number of carboxylic acid groups (broad SMARTS) is 1. The van der Waals surface area contributed by atoms with Crippen molar-refractivity contribution in [3.8, 4) is 0 Å². The van der Waals surface area contributed by atoms with Gasteiger partial charge in [-0.15, -0.1) is 0 Å². The second-order valence-corrected chi connectivity index (χ2v) is 6.12. The number of nitrogens with zero attached hydrogens (tertiary/aromatic N) is 2. The molecule has 1 atom stereocenters. The van der Waals surface area contributed by atoms with Gasteiger partial charge in [0.15, 0.2) is 5.03 Å². The van der Waals surface area contributed by atoms with E-state index in [9.17, 15) is 9.59 Å². The van der Waals surface area contributed by atoms with E-state index in [4.69, 9.17) is 5.11 Å². The zero-order chi connectivity index (χ0) is 13.9. The molecule has 5 nitrogen and oxygen atoms in total. The van der Waals surface area contributed by atoms with Gasteiger partial charge in [-0.25, -0.2) is 4.98 Å². The molecule has 0 aromatic carbocycles. The zero-order valence-corrected chi connectivity index (χ0v) is 11.8. The fourth-order valence-corrected chi connectivity index (χ4v) is 2.30. The second kappa shape index (κ2) is 5.56. The Morgan fingerprint density at radius 1 is 1.56 bits per heavy atom. The van der Waals surface area contributed by atoms with Crippen LogP contribution in [0.25, 0.3) is 0 Å². The van der Waals surface area contributed by atoms with E-state index in [2.05, 4.69) is 4.98 Å². The summed E-state index contributed by atoms with van der Waals surface area (Å²) in [4.78, 5) is 27.1. The van der Waals surface area contributed by atoms with Crippen LogP contribution in [0.5, 0.6) is 0 Å². The van der Waals surface area contributed by atoms with E-state index in [0.29, 0.717) is 6.42 Å². The van der Waals surface area contributed by atoms with Crippen molar-refractivity contribution in [2.24, 2.45) is 0 Å². The van der Waals surface area contributed by atoms with Crippen LogP contribution in [0.4, 0.5) is 0 Å². The summed E-state index contributed by atoms with van der Waals surface area (Å²) in [6.07, 6.45) is 3.60. The predicted octanol–water partition coefficient (Wildman–Crippen LogP) is 1.95. The Bertz CT molecular complexity index is 491. The van der Waals surface area contributed by atoms with Crippen molar-refractivity contribution in [3.05, 3.63) is 22.7 Å². The smallest absolute Gasteiger partial charge is 0.317 e. The first-order valence-corrected chi connectivity index (χ1v) is 6.63. The third-order valence-corrected chi connectivity index (χ3v) is 3.75. The molecule has 1 unspecified atom stereocenters. The summed E-state index contributed by atoms with van der Waals surface area (Å²) in [5, 5.41) is 8.60. The molecule has 1 N–H and O–H groups in total. The Labute approximate surface area is 110 Å². The summed E-state index contributed by atoms with van der Waals surface area (Å²) in [5.74, 6) is -0.921. The molecule has 0 amide bonds. The number of hydrogen-bond donors (Lipinski definition) is 1. The number of aliphatic carboxylic acids is 1. The largest absolute Gasteiger partial charge is 0.480 e. The zero-order valence-electron chi connectivity index (χ0n) is 11.0. The monoisotopic (exact) mass is 270 g/mol. The average molecular weight is 270 g/mol. The van der Waals surface area contributed by atoms with Gasteiger partial charge in [-0.3, -0.25) is 9.59 Å². The Kier molecular flexibility index (Phi) is 4.56. The predicted molar refractivity (Wildman–Crippen MR) is 71.1 cm³/mol. The number of rotatable bonds is 4. The number of carbonyl (C=O) groups is 1. The van der Waals surface area contributed by atoms with Crippen molar-refractivity contribution in [2.45, 2.75) is 49.9 Å². The van der Waals surface area contributed by atoms with E-state index >= 15 is 0 Å². The lowest BCUT2D eigenvalue weighted by Gasteiger charge is -2.22. The van der Waals surface area contributed by atoms with E-state index in [0.717, 1.165) is 11.8 Å². The van der Waals surface area contributed by atoms with Crippen molar-refractivity contribution in [3.63, 3.8) is 0 Å². The minimum absolute atomic E-state index is 0.238. The first-order chi connectivity index (χ1) is 8.27. The fraction of sp³-hybridized carbons (Fsp3) is 0.583. The van der Waals surface area contributed by atoms with Gasteiger partial charge in [-0.2, -0.15) is 0 Å². The highest BCUT2D eigenvalue weighted by Crippen LogP contribution is 2.21. The highest BCUT2D eigenvalue weighted by molar-refractivity contribution is 8.00. The van der Waals surface area contributed by atoms with E-state index in [1.807, 2.05) is 20.8 Å². The molecular formula is C12H18N2O3S. The Balaban J connectivity index is 3.13. The molecule has 0 aliphatic carbocycles. The quantitative estimate of drug-likeness (QED) is 0.847. The maximum atomic E-state index is 12.2. The molecule has 1 heterocycles. The summed E-state index contributed by atoms with van der Waals surface area (Å²) in [5.41, 5.74) is -0.588. The molecule has 0 spiro atoms. The van der Waals surface area contributed by atoms with Gasteiger partial charge in [0.2, 0.25) is 0 Å². The second-order valence-electron chi connectivity index (χ2n) is 4.93. The van der Waals surface area contributed by atoms with Crippen LogP contribution in [0, 0.1) is 0 Å². The summed E-state index contributed by atoms with van der Waals surface area (Å²) in [6.45, 7) is 7.52. The molecule has 100 valence electrons. The van der Waals surface area contributed by atoms with E-state index in [1.54, 1.807) is 17.7 Å². The number of carboxylic acids is 1.